The van der Waals surface area contributed by atoms with E-state index in [0.717, 1.165) is 24.0 Å². The van der Waals surface area contributed by atoms with Gasteiger partial charge in [0.2, 0.25) is 5.60 Å². The van der Waals surface area contributed by atoms with Gasteiger partial charge in [-0.1, -0.05) is 60.2 Å². The molecule has 0 bridgehead atoms. The third-order valence-corrected chi connectivity index (χ3v) is 4.30. The molecule has 4 rings (SSSR count). The number of esters is 1. The lowest BCUT2D eigenvalue weighted by atomic mass is 9.91. The van der Waals surface area contributed by atoms with E-state index in [4.69, 9.17) is 9.47 Å². The van der Waals surface area contributed by atoms with E-state index in [1.165, 1.54) is 5.56 Å². The summed E-state index contributed by atoms with van der Waals surface area (Å²) in [6, 6.07) is 17.8. The fourth-order valence-corrected chi connectivity index (χ4v) is 2.80. The van der Waals surface area contributed by atoms with Crippen molar-refractivity contribution in [3.63, 3.8) is 0 Å². The molecular formula is C19H18O3. The van der Waals surface area contributed by atoms with Crippen molar-refractivity contribution in [1.29, 1.82) is 0 Å². The molecule has 1 aliphatic carbocycles. The van der Waals surface area contributed by atoms with Crippen molar-refractivity contribution in [2.45, 2.75) is 37.6 Å². The SMILES string of the molecule is Cc1ccc(C2OC2(C(=O)OC2CC2)c2ccccc2)cc1. The highest BCUT2D eigenvalue weighted by Gasteiger charge is 2.66. The van der Waals surface area contributed by atoms with Gasteiger partial charge in [-0.05, 0) is 30.9 Å². The molecule has 1 saturated heterocycles. The van der Waals surface area contributed by atoms with Crippen molar-refractivity contribution in [2.75, 3.05) is 0 Å². The van der Waals surface area contributed by atoms with Crippen LogP contribution in [-0.4, -0.2) is 12.1 Å². The lowest BCUT2D eigenvalue weighted by Gasteiger charge is -2.13. The van der Waals surface area contributed by atoms with Crippen LogP contribution in [0.1, 0.15) is 35.6 Å². The first-order valence-corrected chi connectivity index (χ1v) is 7.71. The van der Waals surface area contributed by atoms with E-state index in [0.29, 0.717) is 0 Å². The Morgan fingerprint density at radius 3 is 2.41 bits per heavy atom. The van der Waals surface area contributed by atoms with E-state index >= 15 is 0 Å². The minimum Gasteiger partial charge on any atom is -0.460 e. The van der Waals surface area contributed by atoms with E-state index in [-0.39, 0.29) is 18.2 Å². The predicted molar refractivity (Wildman–Crippen MR) is 82.2 cm³/mol. The summed E-state index contributed by atoms with van der Waals surface area (Å²) in [6.07, 6.45) is 1.75. The fraction of sp³-hybridized carbons (Fsp3) is 0.316. The zero-order valence-electron chi connectivity index (χ0n) is 12.5. The number of epoxide rings is 1. The highest BCUT2D eigenvalue weighted by molar-refractivity contribution is 5.86. The Labute approximate surface area is 129 Å². The van der Waals surface area contributed by atoms with Crippen LogP contribution in [0.2, 0.25) is 0 Å². The van der Waals surface area contributed by atoms with Gasteiger partial charge in [-0.25, -0.2) is 4.79 Å². The summed E-state index contributed by atoms with van der Waals surface area (Å²) >= 11 is 0. The maximum absolute atomic E-state index is 12.7. The van der Waals surface area contributed by atoms with Gasteiger partial charge in [-0.2, -0.15) is 0 Å². The molecule has 0 N–H and O–H groups in total. The van der Waals surface area contributed by atoms with Gasteiger partial charge in [0.05, 0.1) is 0 Å². The van der Waals surface area contributed by atoms with E-state index in [1.807, 2.05) is 61.5 Å². The lowest BCUT2D eigenvalue weighted by Crippen LogP contribution is -2.26. The molecule has 1 heterocycles. The Balaban J connectivity index is 1.68. The summed E-state index contributed by atoms with van der Waals surface area (Å²) in [5, 5.41) is 0. The second-order valence-electron chi connectivity index (χ2n) is 6.11. The van der Waals surface area contributed by atoms with Gasteiger partial charge in [0.25, 0.3) is 0 Å². The predicted octanol–water partition coefficient (Wildman–Crippen LogP) is 3.67. The van der Waals surface area contributed by atoms with Crippen molar-refractivity contribution in [3.8, 4) is 0 Å². The van der Waals surface area contributed by atoms with Crippen molar-refractivity contribution in [2.24, 2.45) is 0 Å². The van der Waals surface area contributed by atoms with Crippen LogP contribution in [0, 0.1) is 6.92 Å². The first-order chi connectivity index (χ1) is 10.7. The Kier molecular flexibility index (Phi) is 3.05. The number of hydrogen-bond acceptors (Lipinski definition) is 3. The minimum atomic E-state index is -0.973. The zero-order chi connectivity index (χ0) is 15.2. The molecule has 2 atom stereocenters. The molecule has 2 aromatic rings. The topological polar surface area (TPSA) is 38.8 Å². The second kappa shape index (κ2) is 4.96. The Morgan fingerprint density at radius 2 is 1.77 bits per heavy atom. The molecule has 1 saturated carbocycles. The Morgan fingerprint density at radius 1 is 1.09 bits per heavy atom. The van der Waals surface area contributed by atoms with Crippen molar-refractivity contribution in [1.82, 2.24) is 0 Å². The molecule has 1 aliphatic heterocycles. The normalized spacial score (nSPS) is 26.5. The number of rotatable bonds is 4. The first-order valence-electron chi connectivity index (χ1n) is 7.71. The number of hydrogen-bond donors (Lipinski definition) is 0. The summed E-state index contributed by atoms with van der Waals surface area (Å²) in [4.78, 5) is 12.7. The van der Waals surface area contributed by atoms with E-state index in [2.05, 4.69) is 0 Å². The largest absolute Gasteiger partial charge is 0.460 e. The van der Waals surface area contributed by atoms with Gasteiger partial charge in [0.15, 0.2) is 0 Å². The fourth-order valence-electron chi connectivity index (χ4n) is 2.80. The summed E-state index contributed by atoms with van der Waals surface area (Å²) < 4.78 is 11.5. The molecular weight excluding hydrogens is 276 g/mol. The van der Waals surface area contributed by atoms with Gasteiger partial charge in [-0.3, -0.25) is 0 Å². The molecule has 2 aliphatic rings. The molecule has 3 heteroatoms. The molecule has 2 aromatic carbocycles. The number of benzene rings is 2. The smallest absolute Gasteiger partial charge is 0.346 e. The maximum Gasteiger partial charge on any atom is 0.346 e. The van der Waals surface area contributed by atoms with Crippen LogP contribution in [0.25, 0.3) is 0 Å². The van der Waals surface area contributed by atoms with Crippen LogP contribution in [-0.2, 0) is 19.9 Å². The van der Waals surface area contributed by atoms with Gasteiger partial charge in [0, 0.05) is 0 Å². The van der Waals surface area contributed by atoms with E-state index in [9.17, 15) is 4.79 Å². The van der Waals surface area contributed by atoms with Crippen LogP contribution in [0.4, 0.5) is 0 Å². The third kappa shape index (κ3) is 2.22. The highest BCUT2D eigenvalue weighted by Crippen LogP contribution is 2.58. The zero-order valence-corrected chi connectivity index (χ0v) is 12.5. The van der Waals surface area contributed by atoms with Gasteiger partial charge in [0.1, 0.15) is 12.2 Å². The van der Waals surface area contributed by atoms with Crippen LogP contribution >= 0.6 is 0 Å². The second-order valence-corrected chi connectivity index (χ2v) is 6.11. The standard InChI is InChI=1S/C19H18O3/c1-13-7-9-14(10-8-13)17-19(22-17,15-5-3-2-4-6-15)18(20)21-16-11-12-16/h2-10,16-17H,11-12H2,1H3. The monoisotopic (exact) mass is 294 g/mol. The van der Waals surface area contributed by atoms with Gasteiger partial charge >= 0.3 is 5.97 Å². The molecule has 3 nitrogen and oxygen atoms in total. The van der Waals surface area contributed by atoms with Crippen LogP contribution in [0.3, 0.4) is 0 Å². The van der Waals surface area contributed by atoms with Crippen LogP contribution in [0.5, 0.6) is 0 Å². The van der Waals surface area contributed by atoms with E-state index in [1.54, 1.807) is 0 Å². The molecule has 2 fully saturated rings. The Bertz CT molecular complexity index is 688. The number of ether oxygens (including phenoxy) is 2. The summed E-state index contributed by atoms with van der Waals surface area (Å²) in [7, 11) is 0. The lowest BCUT2D eigenvalue weighted by molar-refractivity contribution is -0.151. The van der Waals surface area contributed by atoms with Gasteiger partial charge < -0.3 is 9.47 Å². The quantitative estimate of drug-likeness (QED) is 0.638. The van der Waals surface area contributed by atoms with Gasteiger partial charge in [-0.15, -0.1) is 0 Å². The molecule has 22 heavy (non-hydrogen) atoms. The molecule has 0 amide bonds. The highest BCUT2D eigenvalue weighted by atomic mass is 16.7. The first kappa shape index (κ1) is 13.5. The minimum absolute atomic E-state index is 0.0796. The number of carbonyl (C=O) groups excluding carboxylic acids is 1. The summed E-state index contributed by atoms with van der Waals surface area (Å²) in [5.41, 5.74) is 2.10. The molecule has 112 valence electrons. The van der Waals surface area contributed by atoms with Crippen molar-refractivity contribution < 1.29 is 14.3 Å². The maximum atomic E-state index is 12.7. The van der Waals surface area contributed by atoms with Crippen LogP contribution < -0.4 is 0 Å². The molecule has 0 aromatic heterocycles. The number of carbonyl (C=O) groups is 1. The van der Waals surface area contributed by atoms with Crippen molar-refractivity contribution in [3.05, 3.63) is 71.3 Å². The molecule has 0 radical (unpaired) electrons. The average Bonchev–Trinajstić information content (AvgIpc) is 3.43. The summed E-state index contributed by atoms with van der Waals surface area (Å²) in [5.74, 6) is -0.258. The number of aryl methyl sites for hydroxylation is 1. The Hall–Kier alpha value is -2.13. The van der Waals surface area contributed by atoms with Crippen molar-refractivity contribution >= 4 is 5.97 Å². The molecule has 2 unspecified atom stereocenters. The average molecular weight is 294 g/mol. The third-order valence-electron chi connectivity index (χ3n) is 4.30. The van der Waals surface area contributed by atoms with E-state index < -0.39 is 5.60 Å². The van der Waals surface area contributed by atoms with Crippen LogP contribution in [0.15, 0.2) is 54.6 Å². The molecule has 0 spiro atoms. The summed E-state index contributed by atoms with van der Waals surface area (Å²) in [6.45, 7) is 2.04.